The van der Waals surface area contributed by atoms with Gasteiger partial charge in [0, 0.05) is 5.56 Å². The van der Waals surface area contributed by atoms with E-state index in [1.807, 2.05) is 6.07 Å². The third kappa shape index (κ3) is 2.12. The summed E-state index contributed by atoms with van der Waals surface area (Å²) in [5, 5.41) is 10.5. The Morgan fingerprint density at radius 2 is 1.63 bits per heavy atom. The number of aryl methyl sites for hydroxylation is 2. The van der Waals surface area contributed by atoms with Crippen LogP contribution in [0.4, 0.5) is 5.82 Å². The highest BCUT2D eigenvalue weighted by Gasteiger charge is 2.07. The van der Waals surface area contributed by atoms with Crippen LogP contribution < -0.4 is 5.73 Å². The minimum Gasteiger partial charge on any atom is -0.382 e. The van der Waals surface area contributed by atoms with Crippen molar-refractivity contribution >= 4 is 16.6 Å². The first-order chi connectivity index (χ1) is 9.13. The Morgan fingerprint density at radius 3 is 2.42 bits per heavy atom. The SMILES string of the molecule is Cc1ccc2cc(-c3nnc(C)nc3N)ccc2c1. The minimum absolute atomic E-state index is 0.416. The number of hydrogen-bond donors (Lipinski definition) is 1. The van der Waals surface area contributed by atoms with Gasteiger partial charge in [0.05, 0.1) is 0 Å². The van der Waals surface area contributed by atoms with E-state index in [0.29, 0.717) is 17.3 Å². The maximum Gasteiger partial charge on any atom is 0.154 e. The van der Waals surface area contributed by atoms with Gasteiger partial charge in [0.2, 0.25) is 0 Å². The van der Waals surface area contributed by atoms with Crippen LogP contribution in [0.2, 0.25) is 0 Å². The lowest BCUT2D eigenvalue weighted by atomic mass is 10.0. The average molecular weight is 250 g/mol. The van der Waals surface area contributed by atoms with Gasteiger partial charge >= 0.3 is 0 Å². The van der Waals surface area contributed by atoms with Crippen molar-refractivity contribution in [3.05, 3.63) is 47.8 Å². The highest BCUT2D eigenvalue weighted by atomic mass is 15.2. The van der Waals surface area contributed by atoms with Gasteiger partial charge < -0.3 is 5.73 Å². The van der Waals surface area contributed by atoms with E-state index in [0.717, 1.165) is 10.9 Å². The summed E-state index contributed by atoms with van der Waals surface area (Å²) in [5.74, 6) is 0.997. The van der Waals surface area contributed by atoms with E-state index in [4.69, 9.17) is 5.73 Å². The Balaban J connectivity index is 2.17. The second-order valence-corrected chi connectivity index (χ2v) is 4.66. The van der Waals surface area contributed by atoms with Gasteiger partial charge in [-0.05, 0) is 30.7 Å². The Kier molecular flexibility index (Phi) is 2.63. The fourth-order valence-corrected chi connectivity index (χ4v) is 2.14. The zero-order valence-electron chi connectivity index (χ0n) is 10.9. The first-order valence-electron chi connectivity index (χ1n) is 6.11. The number of nitrogens with two attached hydrogens (primary N) is 1. The summed E-state index contributed by atoms with van der Waals surface area (Å²) >= 11 is 0. The summed E-state index contributed by atoms with van der Waals surface area (Å²) in [6, 6.07) is 12.5. The zero-order valence-corrected chi connectivity index (χ0v) is 10.9. The summed E-state index contributed by atoms with van der Waals surface area (Å²) in [6.45, 7) is 3.86. The van der Waals surface area contributed by atoms with Crippen molar-refractivity contribution in [2.45, 2.75) is 13.8 Å². The third-order valence-corrected chi connectivity index (χ3v) is 3.09. The van der Waals surface area contributed by atoms with Gasteiger partial charge in [-0.3, -0.25) is 0 Å². The highest BCUT2D eigenvalue weighted by Crippen LogP contribution is 2.26. The lowest BCUT2D eigenvalue weighted by Gasteiger charge is -2.06. The van der Waals surface area contributed by atoms with Crippen LogP contribution in [0.25, 0.3) is 22.0 Å². The van der Waals surface area contributed by atoms with E-state index in [-0.39, 0.29) is 0 Å². The van der Waals surface area contributed by atoms with Crippen molar-refractivity contribution in [3.63, 3.8) is 0 Å². The monoisotopic (exact) mass is 250 g/mol. The van der Waals surface area contributed by atoms with Crippen molar-refractivity contribution in [1.29, 1.82) is 0 Å². The number of fused-ring (bicyclic) bond motifs is 1. The lowest BCUT2D eigenvalue weighted by molar-refractivity contribution is 0.921. The van der Waals surface area contributed by atoms with Gasteiger partial charge in [-0.1, -0.05) is 35.9 Å². The van der Waals surface area contributed by atoms with Crippen molar-refractivity contribution < 1.29 is 0 Å². The molecule has 0 saturated heterocycles. The van der Waals surface area contributed by atoms with Crippen molar-refractivity contribution in [2.75, 3.05) is 5.73 Å². The standard InChI is InChI=1S/C15H14N4/c1-9-3-4-12-8-13(6-5-11(12)7-9)14-15(16)17-10(2)18-19-14/h3-8H,1-2H3,(H2,16,17,18). The summed E-state index contributed by atoms with van der Waals surface area (Å²) in [7, 11) is 0. The van der Waals surface area contributed by atoms with Gasteiger partial charge in [-0.25, -0.2) is 4.98 Å². The number of anilines is 1. The van der Waals surface area contributed by atoms with E-state index < -0.39 is 0 Å². The van der Waals surface area contributed by atoms with Gasteiger partial charge in [0.1, 0.15) is 11.5 Å². The number of hydrogen-bond acceptors (Lipinski definition) is 4. The van der Waals surface area contributed by atoms with E-state index in [9.17, 15) is 0 Å². The van der Waals surface area contributed by atoms with Crippen LogP contribution in [0.5, 0.6) is 0 Å². The number of rotatable bonds is 1. The van der Waals surface area contributed by atoms with Crippen LogP contribution in [0, 0.1) is 13.8 Å². The van der Waals surface area contributed by atoms with Crippen LogP contribution in [0.15, 0.2) is 36.4 Å². The van der Waals surface area contributed by atoms with Crippen LogP contribution in [0.3, 0.4) is 0 Å². The minimum atomic E-state index is 0.416. The Labute approximate surface area is 111 Å². The van der Waals surface area contributed by atoms with Crippen LogP contribution >= 0.6 is 0 Å². The fourth-order valence-electron chi connectivity index (χ4n) is 2.14. The average Bonchev–Trinajstić information content (AvgIpc) is 2.38. The van der Waals surface area contributed by atoms with Crippen LogP contribution in [-0.2, 0) is 0 Å². The second-order valence-electron chi connectivity index (χ2n) is 4.66. The molecule has 1 aromatic heterocycles. The molecule has 0 aliphatic carbocycles. The summed E-state index contributed by atoms with van der Waals surface area (Å²) in [6.07, 6.45) is 0. The molecule has 0 aliphatic rings. The van der Waals surface area contributed by atoms with E-state index in [1.54, 1.807) is 6.92 Å². The van der Waals surface area contributed by atoms with Gasteiger partial charge in [-0.15, -0.1) is 10.2 Å². The third-order valence-electron chi connectivity index (χ3n) is 3.09. The molecule has 4 nitrogen and oxygen atoms in total. The van der Waals surface area contributed by atoms with Crippen molar-refractivity contribution in [2.24, 2.45) is 0 Å². The largest absolute Gasteiger partial charge is 0.382 e. The van der Waals surface area contributed by atoms with Gasteiger partial charge in [0.25, 0.3) is 0 Å². The Morgan fingerprint density at radius 1 is 0.895 bits per heavy atom. The van der Waals surface area contributed by atoms with Crippen LogP contribution in [-0.4, -0.2) is 15.2 Å². The molecule has 0 saturated carbocycles. The molecule has 0 unspecified atom stereocenters. The van der Waals surface area contributed by atoms with E-state index in [2.05, 4.69) is 52.4 Å². The molecule has 1 heterocycles. The normalized spacial score (nSPS) is 10.8. The Hall–Kier alpha value is -2.49. The van der Waals surface area contributed by atoms with Crippen molar-refractivity contribution in [3.8, 4) is 11.3 Å². The predicted octanol–water partition coefficient (Wildman–Crippen LogP) is 2.89. The molecule has 3 aromatic rings. The number of benzene rings is 2. The quantitative estimate of drug-likeness (QED) is 0.721. The maximum atomic E-state index is 5.91. The Bertz CT molecular complexity index is 765. The highest BCUT2D eigenvalue weighted by molar-refractivity contribution is 5.88. The molecular formula is C15H14N4. The molecule has 19 heavy (non-hydrogen) atoms. The molecule has 0 spiro atoms. The second kappa shape index (κ2) is 4.31. The molecule has 0 fully saturated rings. The molecule has 3 rings (SSSR count). The number of nitrogen functional groups attached to an aromatic ring is 1. The molecular weight excluding hydrogens is 236 g/mol. The number of nitrogens with zero attached hydrogens (tertiary/aromatic N) is 3. The molecule has 0 amide bonds. The van der Waals surface area contributed by atoms with Gasteiger partial charge in [0.15, 0.2) is 5.82 Å². The van der Waals surface area contributed by atoms with E-state index in [1.165, 1.54) is 10.9 Å². The van der Waals surface area contributed by atoms with Gasteiger partial charge in [-0.2, -0.15) is 0 Å². The van der Waals surface area contributed by atoms with E-state index >= 15 is 0 Å². The molecule has 4 heteroatoms. The summed E-state index contributed by atoms with van der Waals surface area (Å²) < 4.78 is 0. The summed E-state index contributed by atoms with van der Waals surface area (Å²) in [4.78, 5) is 4.15. The zero-order chi connectivity index (χ0) is 13.4. The maximum absolute atomic E-state index is 5.91. The van der Waals surface area contributed by atoms with Crippen LogP contribution in [0.1, 0.15) is 11.4 Å². The molecule has 0 bridgehead atoms. The number of aromatic nitrogens is 3. The smallest absolute Gasteiger partial charge is 0.154 e. The fraction of sp³-hybridized carbons (Fsp3) is 0.133. The summed E-state index contributed by atoms with van der Waals surface area (Å²) in [5.41, 5.74) is 8.73. The molecule has 0 radical (unpaired) electrons. The predicted molar refractivity (Wildman–Crippen MR) is 76.7 cm³/mol. The lowest BCUT2D eigenvalue weighted by Crippen LogP contribution is -2.01. The molecule has 0 aliphatic heterocycles. The van der Waals surface area contributed by atoms with Crippen molar-refractivity contribution in [1.82, 2.24) is 15.2 Å². The molecule has 0 atom stereocenters. The molecule has 2 aromatic carbocycles. The first-order valence-corrected chi connectivity index (χ1v) is 6.11. The molecule has 94 valence electrons. The topological polar surface area (TPSA) is 64.7 Å². The first kappa shape index (κ1) is 11.6. The molecule has 2 N–H and O–H groups in total.